The van der Waals surface area contributed by atoms with E-state index in [1.807, 2.05) is 13.1 Å². The average Bonchev–Trinajstić information content (AvgIpc) is 2.39. The molecule has 2 rings (SSSR count). The summed E-state index contributed by atoms with van der Waals surface area (Å²) >= 11 is 6.08. The van der Waals surface area contributed by atoms with E-state index in [2.05, 4.69) is 28.6 Å². The highest BCUT2D eigenvalue weighted by Gasteiger charge is 2.13. The Morgan fingerprint density at radius 3 is 2.88 bits per heavy atom. The van der Waals surface area contributed by atoms with E-state index in [9.17, 15) is 0 Å². The van der Waals surface area contributed by atoms with E-state index < -0.39 is 0 Å². The van der Waals surface area contributed by atoms with Crippen molar-refractivity contribution in [1.29, 1.82) is 5.26 Å². The minimum atomic E-state index is 0.500. The number of nitrogens with zero attached hydrogens (tertiary/aromatic N) is 2. The fraction of sp³-hybridized carbons (Fsp3) is 0.308. The summed E-state index contributed by atoms with van der Waals surface area (Å²) in [7, 11) is 1.85. The topological polar surface area (TPSA) is 39.1 Å². The largest absolute Gasteiger partial charge is 0.386 e. The maximum absolute atomic E-state index is 8.95. The second-order valence-corrected chi connectivity index (χ2v) is 4.34. The number of rotatable bonds is 2. The lowest BCUT2D eigenvalue weighted by Gasteiger charge is -2.26. The first-order valence-corrected chi connectivity index (χ1v) is 5.98. The van der Waals surface area contributed by atoms with Gasteiger partial charge in [0.2, 0.25) is 0 Å². The molecule has 0 amide bonds. The lowest BCUT2D eigenvalue weighted by Crippen LogP contribution is -2.21. The van der Waals surface area contributed by atoms with Gasteiger partial charge in [-0.05, 0) is 25.0 Å². The third-order valence-corrected chi connectivity index (χ3v) is 3.15. The van der Waals surface area contributed by atoms with Crippen molar-refractivity contribution in [1.82, 2.24) is 0 Å². The van der Waals surface area contributed by atoms with Crippen molar-refractivity contribution in [3.63, 3.8) is 0 Å². The molecule has 0 saturated heterocycles. The third kappa shape index (κ3) is 2.37. The van der Waals surface area contributed by atoms with E-state index in [1.54, 1.807) is 6.07 Å². The van der Waals surface area contributed by atoms with Crippen molar-refractivity contribution in [2.45, 2.75) is 12.8 Å². The monoisotopic (exact) mass is 247 g/mol. The summed E-state index contributed by atoms with van der Waals surface area (Å²) in [6.45, 7) is 0.980. The predicted octanol–water partition coefficient (Wildman–Crippen LogP) is 3.37. The molecule has 0 aromatic heterocycles. The Morgan fingerprint density at radius 2 is 2.29 bits per heavy atom. The van der Waals surface area contributed by atoms with E-state index in [4.69, 9.17) is 16.9 Å². The van der Waals surface area contributed by atoms with Crippen LogP contribution in [0.25, 0.3) is 0 Å². The summed E-state index contributed by atoms with van der Waals surface area (Å²) in [6, 6.07) is 5.73. The molecule has 0 aliphatic carbocycles. The Balaban J connectivity index is 2.46. The van der Waals surface area contributed by atoms with Crippen LogP contribution in [0.5, 0.6) is 0 Å². The number of anilines is 2. The lowest BCUT2D eigenvalue weighted by molar-refractivity contribution is 0.787. The molecule has 0 fully saturated rings. The van der Waals surface area contributed by atoms with Crippen LogP contribution in [-0.2, 0) is 0 Å². The molecule has 1 aromatic rings. The Labute approximate surface area is 106 Å². The van der Waals surface area contributed by atoms with Gasteiger partial charge in [0, 0.05) is 19.8 Å². The second-order valence-electron chi connectivity index (χ2n) is 3.93. The molecule has 0 radical (unpaired) electrons. The van der Waals surface area contributed by atoms with Gasteiger partial charge in [-0.15, -0.1) is 0 Å². The van der Waals surface area contributed by atoms with Crippen LogP contribution in [0.1, 0.15) is 18.4 Å². The van der Waals surface area contributed by atoms with Gasteiger partial charge in [0.05, 0.1) is 22.0 Å². The molecule has 17 heavy (non-hydrogen) atoms. The van der Waals surface area contributed by atoms with Gasteiger partial charge in [-0.1, -0.05) is 17.7 Å². The van der Waals surface area contributed by atoms with Crippen molar-refractivity contribution in [2.75, 3.05) is 23.8 Å². The molecule has 0 saturated carbocycles. The summed E-state index contributed by atoms with van der Waals surface area (Å²) < 4.78 is 0. The highest BCUT2D eigenvalue weighted by atomic mass is 35.5. The molecule has 0 bridgehead atoms. The smallest absolute Gasteiger partial charge is 0.101 e. The molecule has 1 aliphatic rings. The maximum Gasteiger partial charge on any atom is 0.101 e. The van der Waals surface area contributed by atoms with Crippen molar-refractivity contribution >= 4 is 23.0 Å². The molecule has 4 heteroatoms. The number of hydrogen-bond acceptors (Lipinski definition) is 3. The van der Waals surface area contributed by atoms with Crippen LogP contribution in [0, 0.1) is 11.3 Å². The van der Waals surface area contributed by atoms with Gasteiger partial charge in [-0.25, -0.2) is 0 Å². The standard InChI is InChI=1S/C13H14ClN3/c1-16-12-7-10(9-15)11(14)8-13(12)17-5-3-2-4-6-17/h3,5,7-8,16H,2,4,6H2,1H3. The number of benzene rings is 1. The van der Waals surface area contributed by atoms with Crippen LogP contribution < -0.4 is 10.2 Å². The summed E-state index contributed by atoms with van der Waals surface area (Å²) in [5, 5.41) is 12.6. The number of allylic oxidation sites excluding steroid dienone is 1. The molecule has 0 atom stereocenters. The molecular formula is C13H14ClN3. The first-order valence-electron chi connectivity index (χ1n) is 5.61. The highest BCUT2D eigenvalue weighted by molar-refractivity contribution is 6.32. The normalized spacial score (nSPS) is 14.5. The lowest BCUT2D eigenvalue weighted by atomic mass is 10.1. The number of nitriles is 1. The van der Waals surface area contributed by atoms with Crippen LogP contribution in [0.4, 0.5) is 11.4 Å². The van der Waals surface area contributed by atoms with E-state index in [0.717, 1.165) is 30.8 Å². The fourth-order valence-electron chi connectivity index (χ4n) is 1.94. The minimum absolute atomic E-state index is 0.500. The van der Waals surface area contributed by atoms with Crippen molar-refractivity contribution in [3.8, 4) is 6.07 Å². The van der Waals surface area contributed by atoms with E-state index >= 15 is 0 Å². The van der Waals surface area contributed by atoms with Crippen LogP contribution >= 0.6 is 11.6 Å². The zero-order valence-electron chi connectivity index (χ0n) is 9.70. The summed E-state index contributed by atoms with van der Waals surface area (Å²) in [5.41, 5.74) is 2.45. The molecule has 3 nitrogen and oxygen atoms in total. The van der Waals surface area contributed by atoms with Gasteiger partial charge < -0.3 is 10.2 Å². The van der Waals surface area contributed by atoms with Crippen LogP contribution in [-0.4, -0.2) is 13.6 Å². The SMILES string of the molecule is CNc1cc(C#N)c(Cl)cc1N1C=CCCC1. The van der Waals surface area contributed by atoms with Gasteiger partial charge in [0.25, 0.3) is 0 Å². The molecule has 88 valence electrons. The van der Waals surface area contributed by atoms with Gasteiger partial charge >= 0.3 is 0 Å². The Morgan fingerprint density at radius 1 is 1.47 bits per heavy atom. The minimum Gasteiger partial charge on any atom is -0.386 e. The van der Waals surface area contributed by atoms with Crippen molar-refractivity contribution in [2.24, 2.45) is 0 Å². The van der Waals surface area contributed by atoms with Crippen LogP contribution in [0.15, 0.2) is 24.4 Å². The Bertz CT molecular complexity index is 488. The van der Waals surface area contributed by atoms with E-state index in [0.29, 0.717) is 10.6 Å². The summed E-state index contributed by atoms with van der Waals surface area (Å²) in [5.74, 6) is 0. The molecular weight excluding hydrogens is 234 g/mol. The predicted molar refractivity (Wildman–Crippen MR) is 71.4 cm³/mol. The summed E-state index contributed by atoms with van der Waals surface area (Å²) in [6.07, 6.45) is 6.48. The van der Waals surface area contributed by atoms with Crippen LogP contribution in [0.2, 0.25) is 5.02 Å². The molecule has 1 N–H and O–H groups in total. The first kappa shape index (κ1) is 11.8. The van der Waals surface area contributed by atoms with Gasteiger partial charge in [0.1, 0.15) is 6.07 Å². The first-order chi connectivity index (χ1) is 8.26. The number of halogens is 1. The van der Waals surface area contributed by atoms with Crippen LogP contribution in [0.3, 0.4) is 0 Å². The highest BCUT2D eigenvalue weighted by Crippen LogP contribution is 2.33. The fourth-order valence-corrected chi connectivity index (χ4v) is 2.14. The molecule has 0 spiro atoms. The zero-order valence-corrected chi connectivity index (χ0v) is 10.5. The molecule has 1 heterocycles. The third-order valence-electron chi connectivity index (χ3n) is 2.84. The van der Waals surface area contributed by atoms with Crippen molar-refractivity contribution in [3.05, 3.63) is 35.0 Å². The van der Waals surface area contributed by atoms with E-state index in [1.165, 1.54) is 0 Å². The molecule has 1 aliphatic heterocycles. The van der Waals surface area contributed by atoms with Gasteiger partial charge in [0.15, 0.2) is 0 Å². The number of hydrogen-bond donors (Lipinski definition) is 1. The van der Waals surface area contributed by atoms with Crippen molar-refractivity contribution < 1.29 is 0 Å². The maximum atomic E-state index is 8.95. The van der Waals surface area contributed by atoms with Gasteiger partial charge in [-0.2, -0.15) is 5.26 Å². The Hall–Kier alpha value is -1.66. The van der Waals surface area contributed by atoms with E-state index in [-0.39, 0.29) is 0 Å². The zero-order chi connectivity index (χ0) is 12.3. The number of nitrogens with one attached hydrogen (secondary N) is 1. The Kier molecular flexibility index (Phi) is 3.55. The molecule has 0 unspecified atom stereocenters. The molecule has 1 aromatic carbocycles. The van der Waals surface area contributed by atoms with Gasteiger partial charge in [-0.3, -0.25) is 0 Å². The average molecular weight is 248 g/mol. The quantitative estimate of drug-likeness (QED) is 0.871. The second kappa shape index (κ2) is 5.11. The summed E-state index contributed by atoms with van der Waals surface area (Å²) in [4.78, 5) is 2.16.